The second-order valence-corrected chi connectivity index (χ2v) is 5.30. The molecule has 1 aliphatic rings. The summed E-state index contributed by atoms with van der Waals surface area (Å²) < 4.78 is 0. The monoisotopic (exact) mass is 180 g/mol. The van der Waals surface area contributed by atoms with Crippen molar-refractivity contribution in [1.82, 2.24) is 0 Å². The number of rotatable bonds is 1. The van der Waals surface area contributed by atoms with Gasteiger partial charge in [0.15, 0.2) is 0 Å². The third kappa shape index (κ3) is 2.32. The first-order valence-corrected chi connectivity index (χ1v) is 4.93. The quantitative estimate of drug-likeness (QED) is 0.542. The molecule has 0 amide bonds. The van der Waals surface area contributed by atoms with Crippen molar-refractivity contribution in [2.24, 2.45) is 0 Å². The molecule has 0 aromatic rings. The summed E-state index contributed by atoms with van der Waals surface area (Å²) in [7, 11) is 2.89. The van der Waals surface area contributed by atoms with Crippen LogP contribution in [0.2, 0.25) is 0 Å². The van der Waals surface area contributed by atoms with E-state index in [0.717, 1.165) is 6.42 Å². The van der Waals surface area contributed by atoms with Crippen LogP contribution in [0.4, 0.5) is 0 Å². The van der Waals surface area contributed by atoms with Gasteiger partial charge >= 0.3 is 0 Å². The molecule has 0 N–H and O–H groups in total. The maximum atomic E-state index is 2.89. The lowest BCUT2D eigenvalue weighted by Gasteiger charge is -2.23. The van der Waals surface area contributed by atoms with Crippen LogP contribution in [0.1, 0.15) is 27.2 Å². The average Bonchev–Trinajstić information content (AvgIpc) is 2.11. The molecule has 0 saturated carbocycles. The Morgan fingerprint density at radius 2 is 2.08 bits per heavy atom. The van der Waals surface area contributed by atoms with E-state index >= 15 is 0 Å². The van der Waals surface area contributed by atoms with Gasteiger partial charge in [0.25, 0.3) is 0 Å². The van der Waals surface area contributed by atoms with Crippen molar-refractivity contribution in [1.29, 1.82) is 0 Å². The zero-order chi connectivity index (χ0) is 9.19. The molecular weight excluding hydrogens is 163 g/mol. The third-order valence-corrected chi connectivity index (χ3v) is 2.39. The van der Waals surface area contributed by atoms with E-state index in [4.69, 9.17) is 0 Å². The van der Waals surface area contributed by atoms with Gasteiger partial charge in [-0.05, 0) is 18.9 Å². The molecule has 0 spiro atoms. The Balaban J connectivity index is 3.01. The van der Waals surface area contributed by atoms with Crippen LogP contribution in [0.25, 0.3) is 0 Å². The maximum Gasteiger partial charge on any atom is 0.00438 e. The number of allylic oxidation sites excluding steroid dienone is 6. The Hall–Kier alpha value is -0.350. The lowest BCUT2D eigenvalue weighted by molar-refractivity contribution is 0.841. The molecule has 0 heterocycles. The summed E-state index contributed by atoms with van der Waals surface area (Å²) in [6, 6.07) is 0. The van der Waals surface area contributed by atoms with Crippen molar-refractivity contribution in [2.45, 2.75) is 32.3 Å². The molecule has 12 heavy (non-hydrogen) atoms. The highest BCUT2D eigenvalue weighted by Crippen LogP contribution is 2.32. The Morgan fingerprint density at radius 3 is 2.67 bits per heavy atom. The zero-order valence-corrected chi connectivity index (χ0v) is 9.25. The second kappa shape index (κ2) is 3.58. The molecule has 0 bridgehead atoms. The van der Waals surface area contributed by atoms with Crippen LogP contribution >= 0.6 is 9.24 Å². The summed E-state index contributed by atoms with van der Waals surface area (Å²) in [6.45, 7) is 6.63. The molecule has 1 unspecified atom stereocenters. The Bertz CT molecular complexity index is 249. The van der Waals surface area contributed by atoms with Crippen molar-refractivity contribution in [3.05, 3.63) is 35.5 Å². The third-order valence-electron chi connectivity index (χ3n) is 2.08. The van der Waals surface area contributed by atoms with Crippen LogP contribution in [0.5, 0.6) is 0 Å². The van der Waals surface area contributed by atoms with E-state index < -0.39 is 0 Å². The highest BCUT2D eigenvalue weighted by atomic mass is 31.0. The molecule has 1 heteroatoms. The minimum atomic E-state index is 0.190. The van der Waals surface area contributed by atoms with E-state index in [1.165, 1.54) is 11.1 Å². The van der Waals surface area contributed by atoms with Gasteiger partial charge in [-0.2, -0.15) is 0 Å². The average molecular weight is 180 g/mol. The van der Waals surface area contributed by atoms with E-state index in [1.54, 1.807) is 0 Å². The normalized spacial score (nSPS) is 18.3. The molecular formula is C11H17P. The summed E-state index contributed by atoms with van der Waals surface area (Å²) in [4.78, 5) is 0. The fourth-order valence-electron chi connectivity index (χ4n) is 1.45. The van der Waals surface area contributed by atoms with Gasteiger partial charge in [-0.15, -0.1) is 9.24 Å². The first-order chi connectivity index (χ1) is 5.52. The van der Waals surface area contributed by atoms with E-state index in [2.05, 4.69) is 54.3 Å². The van der Waals surface area contributed by atoms with Gasteiger partial charge in [0.2, 0.25) is 0 Å². The van der Waals surface area contributed by atoms with Crippen molar-refractivity contribution < 1.29 is 0 Å². The Labute approximate surface area is 77.6 Å². The van der Waals surface area contributed by atoms with Gasteiger partial charge < -0.3 is 0 Å². The van der Waals surface area contributed by atoms with E-state index in [0.29, 0.717) is 0 Å². The van der Waals surface area contributed by atoms with Crippen molar-refractivity contribution in [3.8, 4) is 0 Å². The number of hydrogen-bond donors (Lipinski definition) is 0. The molecule has 1 aliphatic carbocycles. The summed E-state index contributed by atoms with van der Waals surface area (Å²) in [6.07, 6.45) is 9.89. The van der Waals surface area contributed by atoms with E-state index in [9.17, 15) is 0 Å². The Morgan fingerprint density at radius 1 is 1.42 bits per heavy atom. The molecule has 1 rings (SSSR count). The molecule has 0 radical (unpaired) electrons. The lowest BCUT2D eigenvalue weighted by Crippen LogP contribution is -2.13. The van der Waals surface area contributed by atoms with Crippen LogP contribution in [0.3, 0.4) is 0 Å². The van der Waals surface area contributed by atoms with E-state index in [-0.39, 0.29) is 5.16 Å². The number of hydrogen-bond acceptors (Lipinski definition) is 0. The summed E-state index contributed by atoms with van der Waals surface area (Å²) in [5.41, 5.74) is 2.82. The zero-order valence-electron chi connectivity index (χ0n) is 8.09. The van der Waals surface area contributed by atoms with Crippen molar-refractivity contribution >= 4 is 9.24 Å². The largest absolute Gasteiger partial charge is 0.127 e. The van der Waals surface area contributed by atoms with Gasteiger partial charge in [0.1, 0.15) is 0 Å². The fourth-order valence-corrected chi connectivity index (χ4v) is 1.78. The van der Waals surface area contributed by atoms with Crippen LogP contribution < -0.4 is 0 Å². The molecule has 0 aromatic heterocycles. The first-order valence-electron chi connectivity index (χ1n) is 4.35. The van der Waals surface area contributed by atoms with Gasteiger partial charge in [-0.1, -0.05) is 43.7 Å². The first kappa shape index (κ1) is 9.74. The molecule has 1 atom stereocenters. The predicted molar refractivity (Wildman–Crippen MR) is 59.4 cm³/mol. The van der Waals surface area contributed by atoms with Gasteiger partial charge in [-0.25, -0.2) is 0 Å². The second-order valence-electron chi connectivity index (χ2n) is 3.85. The summed E-state index contributed by atoms with van der Waals surface area (Å²) in [5.74, 6) is 0. The molecule has 0 fully saturated rings. The molecule has 0 aromatic carbocycles. The minimum Gasteiger partial charge on any atom is -0.127 e. The van der Waals surface area contributed by atoms with Gasteiger partial charge in [0.05, 0.1) is 0 Å². The molecule has 0 nitrogen and oxygen atoms in total. The van der Waals surface area contributed by atoms with Gasteiger partial charge in [0, 0.05) is 5.16 Å². The van der Waals surface area contributed by atoms with Crippen molar-refractivity contribution in [3.63, 3.8) is 0 Å². The lowest BCUT2D eigenvalue weighted by atomic mass is 9.95. The molecule has 0 aliphatic heterocycles. The summed E-state index contributed by atoms with van der Waals surface area (Å²) >= 11 is 0. The van der Waals surface area contributed by atoms with Gasteiger partial charge in [-0.3, -0.25) is 0 Å². The van der Waals surface area contributed by atoms with Crippen molar-refractivity contribution in [2.75, 3.05) is 0 Å². The standard InChI is InChI=1S/C11H17P/c1-9-7-5-4-6-8-10(9)11(2,3)12/h4,6-8H,5,12H2,1-3H3. The maximum absolute atomic E-state index is 2.89. The smallest absolute Gasteiger partial charge is 0.00438 e. The van der Waals surface area contributed by atoms with E-state index in [1.807, 2.05) is 0 Å². The molecule has 0 saturated heterocycles. The van der Waals surface area contributed by atoms with Crippen LogP contribution in [0, 0.1) is 0 Å². The Kier molecular flexibility index (Phi) is 2.90. The SMILES string of the molecule is CC1=CCC=CC=C1C(C)(C)P. The highest BCUT2D eigenvalue weighted by molar-refractivity contribution is 7.19. The molecule has 66 valence electrons. The van der Waals surface area contributed by atoms with Crippen LogP contribution in [0.15, 0.2) is 35.5 Å². The minimum absolute atomic E-state index is 0.190. The van der Waals surface area contributed by atoms with Crippen LogP contribution in [-0.2, 0) is 0 Å². The predicted octanol–water partition coefficient (Wildman–Crippen LogP) is 3.47. The topological polar surface area (TPSA) is 0 Å². The van der Waals surface area contributed by atoms with Crippen LogP contribution in [-0.4, -0.2) is 5.16 Å². The summed E-state index contributed by atoms with van der Waals surface area (Å²) in [5, 5.41) is 0.190. The highest BCUT2D eigenvalue weighted by Gasteiger charge is 2.17. The fraction of sp³-hybridized carbons (Fsp3) is 0.455.